The van der Waals surface area contributed by atoms with E-state index in [1.54, 1.807) is 0 Å². The Kier molecular flexibility index (Phi) is 4.18. The van der Waals surface area contributed by atoms with Crippen LogP contribution in [-0.2, 0) is 9.53 Å². The first-order valence-electron chi connectivity index (χ1n) is 4.85. The van der Waals surface area contributed by atoms with Gasteiger partial charge in [0.15, 0.2) is 0 Å². The molecular weight excluding hydrogens is 168 g/mol. The van der Waals surface area contributed by atoms with E-state index < -0.39 is 0 Å². The highest BCUT2D eigenvalue weighted by molar-refractivity contribution is 5.76. The highest BCUT2D eigenvalue weighted by atomic mass is 16.5. The van der Waals surface area contributed by atoms with E-state index in [1.165, 1.54) is 0 Å². The maximum atomic E-state index is 11.5. The van der Waals surface area contributed by atoms with Crippen LogP contribution in [0.15, 0.2) is 0 Å². The Morgan fingerprint density at radius 3 is 3.00 bits per heavy atom. The molecule has 1 fully saturated rings. The van der Waals surface area contributed by atoms with Crippen LogP contribution in [0.2, 0.25) is 0 Å². The van der Waals surface area contributed by atoms with Crippen molar-refractivity contribution in [3.63, 3.8) is 0 Å². The predicted molar refractivity (Wildman–Crippen MR) is 50.3 cm³/mol. The molecule has 1 amide bonds. The van der Waals surface area contributed by atoms with Crippen LogP contribution in [0, 0.1) is 0 Å². The van der Waals surface area contributed by atoms with Crippen LogP contribution in [0.3, 0.4) is 0 Å². The molecule has 4 heteroatoms. The van der Waals surface area contributed by atoms with Crippen molar-refractivity contribution in [3.05, 3.63) is 0 Å². The van der Waals surface area contributed by atoms with Crippen LogP contribution in [0.1, 0.15) is 19.8 Å². The maximum Gasteiger partial charge on any atom is 0.224 e. The number of hydrogen-bond acceptors (Lipinski definition) is 3. The van der Waals surface area contributed by atoms with Crippen LogP contribution in [0.25, 0.3) is 0 Å². The number of nitrogens with two attached hydrogens (primary N) is 1. The summed E-state index contributed by atoms with van der Waals surface area (Å²) in [4.78, 5) is 13.3. The molecule has 1 saturated heterocycles. The van der Waals surface area contributed by atoms with Gasteiger partial charge >= 0.3 is 0 Å². The van der Waals surface area contributed by atoms with Crippen molar-refractivity contribution in [1.29, 1.82) is 0 Å². The van der Waals surface area contributed by atoms with Crippen molar-refractivity contribution < 1.29 is 9.53 Å². The number of ether oxygens (including phenoxy) is 1. The lowest BCUT2D eigenvalue weighted by Gasteiger charge is -2.15. The fraction of sp³-hybridized carbons (Fsp3) is 0.889. The Morgan fingerprint density at radius 2 is 2.46 bits per heavy atom. The zero-order chi connectivity index (χ0) is 9.68. The Morgan fingerprint density at radius 1 is 1.69 bits per heavy atom. The number of nitrogens with zero attached hydrogens (tertiary/aromatic N) is 1. The molecule has 1 unspecified atom stereocenters. The molecule has 76 valence electrons. The van der Waals surface area contributed by atoms with Crippen molar-refractivity contribution in [1.82, 2.24) is 4.90 Å². The first kappa shape index (κ1) is 10.5. The topological polar surface area (TPSA) is 55.6 Å². The van der Waals surface area contributed by atoms with Gasteiger partial charge in [0.05, 0.1) is 13.0 Å². The molecule has 1 rings (SSSR count). The Bertz CT molecular complexity index is 173. The average molecular weight is 186 g/mol. The van der Waals surface area contributed by atoms with Gasteiger partial charge in [0.2, 0.25) is 5.91 Å². The van der Waals surface area contributed by atoms with Gasteiger partial charge in [0, 0.05) is 25.7 Å². The van der Waals surface area contributed by atoms with Gasteiger partial charge in [0.1, 0.15) is 0 Å². The summed E-state index contributed by atoms with van der Waals surface area (Å²) in [5.41, 5.74) is 5.69. The van der Waals surface area contributed by atoms with Gasteiger partial charge in [-0.1, -0.05) is 0 Å². The normalized spacial score (nSPS) is 22.3. The highest BCUT2D eigenvalue weighted by Gasteiger charge is 2.22. The monoisotopic (exact) mass is 186 g/mol. The average Bonchev–Trinajstić information content (AvgIpc) is 2.52. The molecule has 0 spiro atoms. The van der Waals surface area contributed by atoms with Gasteiger partial charge in [0.25, 0.3) is 0 Å². The molecule has 0 bridgehead atoms. The number of carbonyl (C=O) groups is 1. The fourth-order valence-corrected chi connectivity index (χ4v) is 1.48. The molecule has 4 nitrogen and oxygen atoms in total. The Labute approximate surface area is 79.0 Å². The van der Waals surface area contributed by atoms with Gasteiger partial charge in [-0.25, -0.2) is 0 Å². The molecule has 0 aromatic heterocycles. The third-order valence-electron chi connectivity index (χ3n) is 2.24. The number of rotatable bonds is 4. The standard InChI is InChI=1S/C9H18N2O2/c1-2-13-6-4-9(12)11-5-3-8(10)7-11/h8H,2-7,10H2,1H3. The summed E-state index contributed by atoms with van der Waals surface area (Å²) in [7, 11) is 0. The zero-order valence-electron chi connectivity index (χ0n) is 8.16. The van der Waals surface area contributed by atoms with Crippen molar-refractivity contribution in [2.45, 2.75) is 25.8 Å². The van der Waals surface area contributed by atoms with Crippen LogP contribution in [0.5, 0.6) is 0 Å². The second-order valence-corrected chi connectivity index (χ2v) is 3.34. The molecular formula is C9H18N2O2. The smallest absolute Gasteiger partial charge is 0.224 e. The maximum absolute atomic E-state index is 11.5. The molecule has 0 aromatic rings. The molecule has 0 aromatic carbocycles. The summed E-state index contributed by atoms with van der Waals surface area (Å²) in [5, 5.41) is 0. The van der Waals surface area contributed by atoms with Crippen LogP contribution in [-0.4, -0.2) is 43.2 Å². The van der Waals surface area contributed by atoms with Crippen molar-refractivity contribution in [2.75, 3.05) is 26.3 Å². The van der Waals surface area contributed by atoms with Gasteiger partial charge in [-0.05, 0) is 13.3 Å². The van der Waals surface area contributed by atoms with E-state index in [0.717, 1.165) is 13.0 Å². The highest BCUT2D eigenvalue weighted by Crippen LogP contribution is 2.08. The molecule has 0 radical (unpaired) electrons. The Hall–Kier alpha value is -0.610. The summed E-state index contributed by atoms with van der Waals surface area (Å²) in [6, 6.07) is 0.177. The third-order valence-corrected chi connectivity index (χ3v) is 2.24. The second kappa shape index (κ2) is 5.19. The Balaban J connectivity index is 2.16. The molecule has 1 aliphatic heterocycles. The van der Waals surface area contributed by atoms with Gasteiger partial charge in [-0.3, -0.25) is 4.79 Å². The summed E-state index contributed by atoms with van der Waals surface area (Å²) >= 11 is 0. The lowest BCUT2D eigenvalue weighted by atomic mass is 10.3. The van der Waals surface area contributed by atoms with Crippen LogP contribution < -0.4 is 5.73 Å². The van der Waals surface area contributed by atoms with Gasteiger partial charge < -0.3 is 15.4 Å². The van der Waals surface area contributed by atoms with Crippen molar-refractivity contribution >= 4 is 5.91 Å². The fourth-order valence-electron chi connectivity index (χ4n) is 1.48. The minimum atomic E-state index is 0.168. The third kappa shape index (κ3) is 3.32. The molecule has 1 aliphatic rings. The van der Waals surface area contributed by atoms with Gasteiger partial charge in [-0.2, -0.15) is 0 Å². The molecule has 1 atom stereocenters. The summed E-state index contributed by atoms with van der Waals surface area (Å²) in [6.07, 6.45) is 1.42. The molecule has 0 aliphatic carbocycles. The number of likely N-dealkylation sites (tertiary alicyclic amines) is 1. The minimum Gasteiger partial charge on any atom is -0.381 e. The van der Waals surface area contributed by atoms with Crippen LogP contribution in [0.4, 0.5) is 0 Å². The van der Waals surface area contributed by atoms with E-state index >= 15 is 0 Å². The van der Waals surface area contributed by atoms with Crippen molar-refractivity contribution in [3.8, 4) is 0 Å². The lowest BCUT2D eigenvalue weighted by molar-refractivity contribution is -0.131. The second-order valence-electron chi connectivity index (χ2n) is 3.34. The van der Waals surface area contributed by atoms with E-state index in [9.17, 15) is 4.79 Å². The quantitative estimate of drug-likeness (QED) is 0.627. The van der Waals surface area contributed by atoms with E-state index in [4.69, 9.17) is 10.5 Å². The predicted octanol–water partition coefficient (Wildman–Crippen LogP) is -0.0274. The van der Waals surface area contributed by atoms with Gasteiger partial charge in [-0.15, -0.1) is 0 Å². The number of hydrogen-bond donors (Lipinski definition) is 1. The van der Waals surface area contributed by atoms with Crippen LogP contribution >= 0.6 is 0 Å². The minimum absolute atomic E-state index is 0.168. The lowest BCUT2D eigenvalue weighted by Crippen LogP contribution is -2.32. The van der Waals surface area contributed by atoms with E-state index in [2.05, 4.69) is 0 Å². The summed E-state index contributed by atoms with van der Waals surface area (Å²) < 4.78 is 5.11. The summed E-state index contributed by atoms with van der Waals surface area (Å²) in [5.74, 6) is 0.168. The molecule has 13 heavy (non-hydrogen) atoms. The van der Waals surface area contributed by atoms with E-state index in [0.29, 0.717) is 26.2 Å². The SMILES string of the molecule is CCOCCC(=O)N1CCC(N)C1. The van der Waals surface area contributed by atoms with Crippen molar-refractivity contribution in [2.24, 2.45) is 5.73 Å². The number of carbonyl (C=O) groups excluding carboxylic acids is 1. The molecule has 0 saturated carbocycles. The van der Waals surface area contributed by atoms with E-state index in [-0.39, 0.29) is 11.9 Å². The first-order valence-corrected chi connectivity index (χ1v) is 4.85. The first-order chi connectivity index (χ1) is 6.24. The zero-order valence-corrected chi connectivity index (χ0v) is 8.16. The molecule has 1 heterocycles. The summed E-state index contributed by atoms with van der Waals surface area (Å²) in [6.45, 7) is 4.65. The largest absolute Gasteiger partial charge is 0.381 e. The molecule has 2 N–H and O–H groups in total. The number of amides is 1. The van der Waals surface area contributed by atoms with E-state index in [1.807, 2.05) is 11.8 Å².